The van der Waals surface area contributed by atoms with Gasteiger partial charge in [-0.1, -0.05) is 12.8 Å². The van der Waals surface area contributed by atoms with Crippen LogP contribution in [0.4, 0.5) is 0 Å². The van der Waals surface area contributed by atoms with Crippen LogP contribution in [0, 0.1) is 5.41 Å². The van der Waals surface area contributed by atoms with Gasteiger partial charge in [-0.15, -0.1) is 0 Å². The number of hydrogen-bond donors (Lipinski definition) is 0. The highest BCUT2D eigenvalue weighted by Gasteiger charge is 2.43. The summed E-state index contributed by atoms with van der Waals surface area (Å²) in [5, 5.41) is 0. The first-order valence-corrected chi connectivity index (χ1v) is 5.60. The number of epoxide rings is 2. The van der Waals surface area contributed by atoms with E-state index in [2.05, 4.69) is 0 Å². The van der Waals surface area contributed by atoms with Crippen molar-refractivity contribution >= 4 is 0 Å². The Morgan fingerprint density at radius 3 is 1.77 bits per heavy atom. The number of rotatable bonds is 4. The van der Waals surface area contributed by atoms with Crippen molar-refractivity contribution in [3.05, 3.63) is 0 Å². The van der Waals surface area contributed by atoms with Crippen LogP contribution in [-0.2, 0) is 9.47 Å². The number of ether oxygens (including phenoxy) is 2. The summed E-state index contributed by atoms with van der Waals surface area (Å²) in [5.41, 5.74) is 0.613. The highest BCUT2D eigenvalue weighted by Crippen LogP contribution is 2.49. The van der Waals surface area contributed by atoms with Crippen LogP contribution in [0.5, 0.6) is 0 Å². The molecule has 1 saturated carbocycles. The minimum atomic E-state index is 0.608. The molecule has 2 heterocycles. The Morgan fingerprint density at radius 1 is 0.923 bits per heavy atom. The summed E-state index contributed by atoms with van der Waals surface area (Å²) in [4.78, 5) is 0. The molecule has 0 aromatic rings. The largest absolute Gasteiger partial charge is 0.373 e. The fourth-order valence-electron chi connectivity index (χ4n) is 2.95. The van der Waals surface area contributed by atoms with Gasteiger partial charge in [0.2, 0.25) is 0 Å². The highest BCUT2D eigenvalue weighted by atomic mass is 16.6. The Labute approximate surface area is 79.6 Å². The zero-order valence-corrected chi connectivity index (χ0v) is 8.13. The maximum absolute atomic E-state index is 5.36. The van der Waals surface area contributed by atoms with E-state index in [0.717, 1.165) is 13.2 Å². The molecule has 2 nitrogen and oxygen atoms in total. The molecule has 2 atom stereocenters. The molecule has 1 aliphatic carbocycles. The van der Waals surface area contributed by atoms with Gasteiger partial charge in [-0.2, -0.15) is 0 Å². The third-order valence-electron chi connectivity index (χ3n) is 3.79. The summed E-state index contributed by atoms with van der Waals surface area (Å²) >= 11 is 0. The lowest BCUT2D eigenvalue weighted by molar-refractivity contribution is 0.192. The van der Waals surface area contributed by atoms with Crippen molar-refractivity contribution in [3.63, 3.8) is 0 Å². The summed E-state index contributed by atoms with van der Waals surface area (Å²) in [5.74, 6) is 0. The van der Waals surface area contributed by atoms with E-state index in [1.807, 2.05) is 0 Å². The summed E-state index contributed by atoms with van der Waals surface area (Å²) in [6.07, 6.45) is 9.55. The van der Waals surface area contributed by atoms with E-state index in [1.54, 1.807) is 0 Å². The van der Waals surface area contributed by atoms with Gasteiger partial charge in [0.25, 0.3) is 0 Å². The van der Waals surface area contributed by atoms with Crippen LogP contribution >= 0.6 is 0 Å². The SMILES string of the molecule is C1CCC(CC2CO2)(CC2CO2)C1. The Balaban J connectivity index is 1.62. The van der Waals surface area contributed by atoms with Crippen molar-refractivity contribution in [3.8, 4) is 0 Å². The smallest absolute Gasteiger partial charge is 0.0815 e. The number of hydrogen-bond acceptors (Lipinski definition) is 2. The fourth-order valence-corrected chi connectivity index (χ4v) is 2.95. The zero-order chi connectivity index (χ0) is 8.73. The second-order valence-electron chi connectivity index (χ2n) is 5.03. The molecule has 0 aromatic carbocycles. The predicted molar refractivity (Wildman–Crippen MR) is 49.6 cm³/mol. The molecule has 0 spiro atoms. The lowest BCUT2D eigenvalue weighted by Crippen LogP contribution is -2.21. The van der Waals surface area contributed by atoms with Gasteiger partial charge in [0.1, 0.15) is 0 Å². The molecule has 0 amide bonds. The molecule has 3 rings (SSSR count). The van der Waals surface area contributed by atoms with Gasteiger partial charge in [0, 0.05) is 0 Å². The molecule has 2 unspecified atom stereocenters. The molecule has 74 valence electrons. The first kappa shape index (κ1) is 8.25. The minimum Gasteiger partial charge on any atom is -0.373 e. The van der Waals surface area contributed by atoms with Gasteiger partial charge < -0.3 is 9.47 Å². The summed E-state index contributed by atoms with van der Waals surface area (Å²) in [6, 6.07) is 0. The van der Waals surface area contributed by atoms with Gasteiger partial charge in [-0.05, 0) is 31.1 Å². The normalized spacial score (nSPS) is 40.6. The van der Waals surface area contributed by atoms with Gasteiger partial charge >= 0.3 is 0 Å². The van der Waals surface area contributed by atoms with E-state index in [9.17, 15) is 0 Å². The Morgan fingerprint density at radius 2 is 1.38 bits per heavy atom. The Kier molecular flexibility index (Phi) is 1.88. The Bertz CT molecular complexity index is 172. The first-order chi connectivity index (χ1) is 6.36. The second-order valence-corrected chi connectivity index (χ2v) is 5.03. The first-order valence-electron chi connectivity index (χ1n) is 5.60. The molecule has 0 N–H and O–H groups in total. The predicted octanol–water partition coefficient (Wildman–Crippen LogP) is 2.12. The van der Waals surface area contributed by atoms with E-state index in [0.29, 0.717) is 17.6 Å². The fraction of sp³-hybridized carbons (Fsp3) is 1.00. The van der Waals surface area contributed by atoms with Crippen molar-refractivity contribution < 1.29 is 9.47 Å². The minimum absolute atomic E-state index is 0.608. The molecular weight excluding hydrogens is 164 g/mol. The summed E-state index contributed by atoms with van der Waals surface area (Å²) in [7, 11) is 0. The van der Waals surface area contributed by atoms with Crippen molar-refractivity contribution in [1.82, 2.24) is 0 Å². The lowest BCUT2D eigenvalue weighted by atomic mass is 9.77. The van der Waals surface area contributed by atoms with Crippen molar-refractivity contribution in [2.45, 2.75) is 50.7 Å². The molecule has 3 aliphatic rings. The Hall–Kier alpha value is -0.0800. The molecule has 2 aliphatic heterocycles. The quantitative estimate of drug-likeness (QED) is 0.622. The molecule has 2 heteroatoms. The van der Waals surface area contributed by atoms with Crippen LogP contribution in [0.15, 0.2) is 0 Å². The monoisotopic (exact) mass is 182 g/mol. The van der Waals surface area contributed by atoms with Gasteiger partial charge in [-0.3, -0.25) is 0 Å². The third-order valence-corrected chi connectivity index (χ3v) is 3.79. The van der Waals surface area contributed by atoms with Crippen molar-refractivity contribution in [1.29, 1.82) is 0 Å². The van der Waals surface area contributed by atoms with Gasteiger partial charge in [0.15, 0.2) is 0 Å². The van der Waals surface area contributed by atoms with Crippen molar-refractivity contribution in [2.75, 3.05) is 13.2 Å². The molecular formula is C11H18O2. The standard InChI is InChI=1S/C11H18O2/c1-2-4-11(3-1,5-9-7-12-9)6-10-8-13-10/h9-10H,1-8H2. The van der Waals surface area contributed by atoms with E-state index in [4.69, 9.17) is 9.47 Å². The summed E-state index contributed by atoms with van der Waals surface area (Å²) in [6.45, 7) is 2.04. The molecule has 13 heavy (non-hydrogen) atoms. The maximum Gasteiger partial charge on any atom is 0.0815 e. The van der Waals surface area contributed by atoms with Crippen LogP contribution in [-0.4, -0.2) is 25.4 Å². The van der Waals surface area contributed by atoms with Gasteiger partial charge in [-0.25, -0.2) is 0 Å². The zero-order valence-electron chi connectivity index (χ0n) is 8.13. The summed E-state index contributed by atoms with van der Waals surface area (Å²) < 4.78 is 10.7. The average Bonchev–Trinajstić information content (AvgIpc) is 2.98. The topological polar surface area (TPSA) is 25.1 Å². The molecule has 3 fully saturated rings. The van der Waals surface area contributed by atoms with Crippen LogP contribution in [0.25, 0.3) is 0 Å². The van der Waals surface area contributed by atoms with Crippen molar-refractivity contribution in [2.24, 2.45) is 5.41 Å². The second kappa shape index (κ2) is 2.96. The van der Waals surface area contributed by atoms with E-state index in [-0.39, 0.29) is 0 Å². The van der Waals surface area contributed by atoms with Crippen LogP contribution in [0.2, 0.25) is 0 Å². The molecule has 0 radical (unpaired) electrons. The highest BCUT2D eigenvalue weighted by molar-refractivity contribution is 4.93. The van der Waals surface area contributed by atoms with E-state index < -0.39 is 0 Å². The van der Waals surface area contributed by atoms with E-state index in [1.165, 1.54) is 38.5 Å². The van der Waals surface area contributed by atoms with Gasteiger partial charge in [0.05, 0.1) is 25.4 Å². The van der Waals surface area contributed by atoms with E-state index >= 15 is 0 Å². The maximum atomic E-state index is 5.36. The van der Waals surface area contributed by atoms with Crippen LogP contribution in [0.3, 0.4) is 0 Å². The molecule has 2 saturated heterocycles. The molecule has 0 bridgehead atoms. The van der Waals surface area contributed by atoms with Crippen LogP contribution < -0.4 is 0 Å². The third kappa shape index (κ3) is 1.89. The van der Waals surface area contributed by atoms with Crippen LogP contribution in [0.1, 0.15) is 38.5 Å². The lowest BCUT2D eigenvalue weighted by Gasteiger charge is -2.27. The average molecular weight is 182 g/mol. The molecule has 0 aromatic heterocycles.